The van der Waals surface area contributed by atoms with E-state index in [4.69, 9.17) is 0 Å². The van der Waals surface area contributed by atoms with Crippen LogP contribution in [0.25, 0.3) is 22.2 Å². The highest BCUT2D eigenvalue weighted by Gasteiger charge is 2.25. The topological polar surface area (TPSA) is 62.0 Å². The normalized spacial score (nSPS) is 12.6. The number of hydrogen-bond donors (Lipinski definition) is 2. The van der Waals surface area contributed by atoms with Crippen LogP contribution >= 0.6 is 0 Å². The largest absolute Gasteiger partial charge is 0.354 e. The molecule has 34 heavy (non-hydrogen) atoms. The van der Waals surface area contributed by atoms with Crippen LogP contribution in [-0.4, -0.2) is 19.9 Å². The molecular formula is C29H26N2O2S. The van der Waals surface area contributed by atoms with Crippen LogP contribution in [-0.2, 0) is 10.0 Å². The van der Waals surface area contributed by atoms with Gasteiger partial charge in [-0.05, 0) is 41.8 Å². The molecule has 1 atom stereocenters. The van der Waals surface area contributed by atoms with E-state index in [1.54, 1.807) is 12.1 Å². The maximum atomic E-state index is 13.1. The SMILES string of the molecule is Cc1ccc(S(=O)(=O)NCC(c2ccccc2)c2c(-c3ccccc3)[nH]c3ccccc23)cc1. The van der Waals surface area contributed by atoms with Gasteiger partial charge in [0.2, 0.25) is 10.0 Å². The van der Waals surface area contributed by atoms with Gasteiger partial charge in [-0.1, -0.05) is 96.6 Å². The first-order chi connectivity index (χ1) is 16.5. The molecule has 0 bridgehead atoms. The number of H-pyrrole nitrogens is 1. The first-order valence-corrected chi connectivity index (χ1v) is 12.8. The number of hydrogen-bond acceptors (Lipinski definition) is 2. The fourth-order valence-electron chi connectivity index (χ4n) is 4.42. The average molecular weight is 467 g/mol. The van der Waals surface area contributed by atoms with Crippen LogP contribution < -0.4 is 4.72 Å². The number of benzene rings is 4. The maximum Gasteiger partial charge on any atom is 0.240 e. The van der Waals surface area contributed by atoms with E-state index in [-0.39, 0.29) is 17.4 Å². The fourth-order valence-corrected chi connectivity index (χ4v) is 5.47. The molecule has 2 N–H and O–H groups in total. The fraction of sp³-hybridized carbons (Fsp3) is 0.103. The molecule has 0 amide bonds. The van der Waals surface area contributed by atoms with E-state index in [2.05, 4.69) is 46.1 Å². The van der Waals surface area contributed by atoms with Gasteiger partial charge in [-0.2, -0.15) is 0 Å². The van der Waals surface area contributed by atoms with Gasteiger partial charge in [0.25, 0.3) is 0 Å². The molecule has 5 rings (SSSR count). The number of sulfonamides is 1. The third-order valence-corrected chi connectivity index (χ3v) is 7.61. The van der Waals surface area contributed by atoms with Gasteiger partial charge in [-0.15, -0.1) is 0 Å². The Morgan fingerprint density at radius 3 is 2.09 bits per heavy atom. The van der Waals surface area contributed by atoms with Crippen LogP contribution in [0.5, 0.6) is 0 Å². The molecule has 5 heteroatoms. The Morgan fingerprint density at radius 1 is 0.765 bits per heavy atom. The zero-order valence-corrected chi connectivity index (χ0v) is 19.7. The highest BCUT2D eigenvalue weighted by Crippen LogP contribution is 2.38. The number of nitrogens with one attached hydrogen (secondary N) is 2. The molecule has 1 unspecified atom stereocenters. The molecule has 0 fully saturated rings. The lowest BCUT2D eigenvalue weighted by Gasteiger charge is -2.20. The van der Waals surface area contributed by atoms with E-state index >= 15 is 0 Å². The Bertz CT molecular complexity index is 1510. The van der Waals surface area contributed by atoms with Gasteiger partial charge >= 0.3 is 0 Å². The van der Waals surface area contributed by atoms with Gasteiger partial charge in [0.15, 0.2) is 0 Å². The number of para-hydroxylation sites is 1. The van der Waals surface area contributed by atoms with Crippen LogP contribution in [0, 0.1) is 6.92 Å². The number of aromatic amines is 1. The molecule has 0 aliphatic heterocycles. The molecule has 0 spiro atoms. The van der Waals surface area contributed by atoms with E-state index in [1.807, 2.05) is 67.6 Å². The molecule has 4 nitrogen and oxygen atoms in total. The van der Waals surface area contributed by atoms with Crippen molar-refractivity contribution >= 4 is 20.9 Å². The van der Waals surface area contributed by atoms with Crippen molar-refractivity contribution in [3.05, 3.63) is 126 Å². The lowest BCUT2D eigenvalue weighted by Crippen LogP contribution is -2.29. The van der Waals surface area contributed by atoms with Crippen LogP contribution in [0.1, 0.15) is 22.6 Å². The molecule has 0 aliphatic rings. The Balaban J connectivity index is 1.62. The quantitative estimate of drug-likeness (QED) is 0.298. The molecule has 1 heterocycles. The molecular weight excluding hydrogens is 440 g/mol. The summed E-state index contributed by atoms with van der Waals surface area (Å²) in [4.78, 5) is 3.86. The molecule has 0 saturated carbocycles. The maximum absolute atomic E-state index is 13.1. The second-order valence-electron chi connectivity index (χ2n) is 8.45. The van der Waals surface area contributed by atoms with Crippen molar-refractivity contribution in [3.8, 4) is 11.3 Å². The van der Waals surface area contributed by atoms with Crippen molar-refractivity contribution in [2.45, 2.75) is 17.7 Å². The minimum absolute atomic E-state index is 0.187. The van der Waals surface area contributed by atoms with Gasteiger partial charge in [-0.3, -0.25) is 0 Å². The Morgan fingerprint density at radius 2 is 1.38 bits per heavy atom. The summed E-state index contributed by atoms with van der Waals surface area (Å²) in [6.45, 7) is 2.18. The molecule has 0 radical (unpaired) electrons. The Hall–Kier alpha value is -3.67. The monoisotopic (exact) mass is 466 g/mol. The first kappa shape index (κ1) is 22.1. The molecule has 0 saturated heterocycles. The highest BCUT2D eigenvalue weighted by atomic mass is 32.2. The van der Waals surface area contributed by atoms with Crippen LogP contribution in [0.15, 0.2) is 114 Å². The number of aryl methyl sites for hydroxylation is 1. The third kappa shape index (κ3) is 4.40. The Labute approximate surface area is 200 Å². The van der Waals surface area contributed by atoms with Crippen molar-refractivity contribution in [1.29, 1.82) is 0 Å². The summed E-state index contributed by atoms with van der Waals surface area (Å²) in [5.74, 6) is -0.187. The standard InChI is InChI=1S/C29H26N2O2S/c1-21-16-18-24(19-17-21)34(32,33)30-20-26(22-10-4-2-5-11-22)28-25-14-8-9-15-27(25)31-29(28)23-12-6-3-7-13-23/h2-19,26,30-31H,20H2,1H3. The molecule has 0 aliphatic carbocycles. The van der Waals surface area contributed by atoms with E-state index < -0.39 is 10.0 Å². The van der Waals surface area contributed by atoms with Crippen molar-refractivity contribution in [2.24, 2.45) is 0 Å². The van der Waals surface area contributed by atoms with Crippen molar-refractivity contribution in [1.82, 2.24) is 9.71 Å². The second-order valence-corrected chi connectivity index (χ2v) is 10.2. The van der Waals surface area contributed by atoms with Crippen molar-refractivity contribution in [2.75, 3.05) is 6.54 Å². The smallest absolute Gasteiger partial charge is 0.240 e. The molecule has 4 aromatic carbocycles. The van der Waals surface area contributed by atoms with Gasteiger partial charge < -0.3 is 4.98 Å². The predicted octanol–water partition coefficient (Wildman–Crippen LogP) is 6.25. The van der Waals surface area contributed by atoms with Gasteiger partial charge in [-0.25, -0.2) is 13.1 Å². The van der Waals surface area contributed by atoms with Crippen LogP contribution in [0.3, 0.4) is 0 Å². The number of rotatable bonds is 7. The summed E-state index contributed by atoms with van der Waals surface area (Å²) < 4.78 is 29.2. The zero-order chi connectivity index (χ0) is 23.5. The van der Waals surface area contributed by atoms with E-state index in [0.717, 1.165) is 38.9 Å². The summed E-state index contributed by atoms with van der Waals surface area (Å²) in [5, 5.41) is 1.09. The average Bonchev–Trinajstić information content (AvgIpc) is 3.25. The van der Waals surface area contributed by atoms with E-state index in [1.165, 1.54) is 0 Å². The number of aromatic nitrogens is 1. The lowest BCUT2D eigenvalue weighted by atomic mass is 9.87. The summed E-state index contributed by atoms with van der Waals surface area (Å²) in [6.07, 6.45) is 0. The van der Waals surface area contributed by atoms with Crippen molar-refractivity contribution < 1.29 is 8.42 Å². The minimum atomic E-state index is -3.66. The van der Waals surface area contributed by atoms with E-state index in [0.29, 0.717) is 0 Å². The zero-order valence-electron chi connectivity index (χ0n) is 18.9. The van der Waals surface area contributed by atoms with Gasteiger partial charge in [0, 0.05) is 23.4 Å². The highest BCUT2D eigenvalue weighted by molar-refractivity contribution is 7.89. The van der Waals surface area contributed by atoms with Gasteiger partial charge in [0.05, 0.1) is 10.6 Å². The number of fused-ring (bicyclic) bond motifs is 1. The summed E-state index contributed by atoms with van der Waals surface area (Å²) in [5.41, 5.74) is 6.25. The summed E-state index contributed by atoms with van der Waals surface area (Å²) in [6, 6.07) is 35.4. The third-order valence-electron chi connectivity index (χ3n) is 6.17. The lowest BCUT2D eigenvalue weighted by molar-refractivity contribution is 0.578. The summed E-state index contributed by atoms with van der Waals surface area (Å²) in [7, 11) is -3.66. The minimum Gasteiger partial charge on any atom is -0.354 e. The predicted molar refractivity (Wildman–Crippen MR) is 138 cm³/mol. The van der Waals surface area contributed by atoms with E-state index in [9.17, 15) is 8.42 Å². The van der Waals surface area contributed by atoms with Gasteiger partial charge in [0.1, 0.15) is 0 Å². The second kappa shape index (κ2) is 9.29. The van der Waals surface area contributed by atoms with Crippen LogP contribution in [0.4, 0.5) is 0 Å². The molecule has 1 aromatic heterocycles. The Kier molecular flexibility index (Phi) is 6.05. The first-order valence-electron chi connectivity index (χ1n) is 11.3. The molecule has 5 aromatic rings. The summed E-state index contributed by atoms with van der Waals surface area (Å²) >= 11 is 0. The molecule has 170 valence electrons. The van der Waals surface area contributed by atoms with Crippen molar-refractivity contribution in [3.63, 3.8) is 0 Å². The van der Waals surface area contributed by atoms with Crippen LogP contribution in [0.2, 0.25) is 0 Å².